The number of carbonyl (C=O) groups is 1. The number of hydrogen-bond donors (Lipinski definition) is 1. The third-order valence-electron chi connectivity index (χ3n) is 6.82. The first-order chi connectivity index (χ1) is 14.2. The molecule has 3 unspecified atom stereocenters. The summed E-state index contributed by atoms with van der Waals surface area (Å²) in [6.07, 6.45) is 3.57. The van der Waals surface area contributed by atoms with E-state index in [1.54, 1.807) is 0 Å². The van der Waals surface area contributed by atoms with Crippen molar-refractivity contribution in [2.75, 3.05) is 52.9 Å². The molecule has 3 fully saturated rings. The van der Waals surface area contributed by atoms with Crippen molar-refractivity contribution in [3.05, 3.63) is 35.9 Å². The van der Waals surface area contributed by atoms with Crippen LogP contribution in [-0.2, 0) is 4.79 Å². The lowest BCUT2D eigenvalue weighted by atomic mass is 10.1. The maximum absolute atomic E-state index is 12.7. The molecule has 0 bridgehead atoms. The lowest BCUT2D eigenvalue weighted by Gasteiger charge is -2.39. The third-order valence-corrected chi connectivity index (χ3v) is 6.82. The molecule has 1 aromatic carbocycles. The molecule has 1 amide bonds. The molecule has 3 aliphatic rings. The van der Waals surface area contributed by atoms with Crippen molar-refractivity contribution in [1.29, 1.82) is 0 Å². The molecule has 4 rings (SSSR count). The minimum absolute atomic E-state index is 0. The Labute approximate surface area is 198 Å². The number of nitrogens with zero attached hydrogens (tertiary/aromatic N) is 4. The molecule has 7 heteroatoms. The highest BCUT2D eigenvalue weighted by atomic mass is 127. The van der Waals surface area contributed by atoms with Gasteiger partial charge in [0.15, 0.2) is 5.96 Å². The number of nitrogens with one attached hydrogen (secondary N) is 1. The van der Waals surface area contributed by atoms with Crippen LogP contribution >= 0.6 is 24.0 Å². The number of amides is 1. The Morgan fingerprint density at radius 2 is 1.73 bits per heavy atom. The molecule has 2 saturated heterocycles. The fraction of sp³-hybridized carbons (Fsp3) is 0.652. The highest BCUT2D eigenvalue weighted by molar-refractivity contribution is 14.0. The summed E-state index contributed by atoms with van der Waals surface area (Å²) in [7, 11) is 1.87. The van der Waals surface area contributed by atoms with Crippen molar-refractivity contribution in [2.24, 2.45) is 10.9 Å². The van der Waals surface area contributed by atoms with Crippen molar-refractivity contribution in [3.63, 3.8) is 0 Å². The Kier molecular flexibility index (Phi) is 8.39. The number of carbonyl (C=O) groups excluding carboxylic acids is 1. The van der Waals surface area contributed by atoms with Gasteiger partial charge in [0.2, 0.25) is 5.91 Å². The predicted molar refractivity (Wildman–Crippen MR) is 132 cm³/mol. The number of hydrogen-bond acceptors (Lipinski definition) is 3. The first-order valence-corrected chi connectivity index (χ1v) is 11.2. The van der Waals surface area contributed by atoms with Crippen LogP contribution in [0.2, 0.25) is 0 Å². The minimum Gasteiger partial charge on any atom is -0.356 e. The van der Waals surface area contributed by atoms with Crippen LogP contribution in [0.1, 0.15) is 37.7 Å². The smallest absolute Gasteiger partial charge is 0.239 e. The van der Waals surface area contributed by atoms with E-state index in [1.807, 2.05) is 11.9 Å². The highest BCUT2D eigenvalue weighted by Gasteiger charge is 2.38. The molecule has 3 atom stereocenters. The fourth-order valence-electron chi connectivity index (χ4n) is 4.82. The average molecular weight is 525 g/mol. The summed E-state index contributed by atoms with van der Waals surface area (Å²) in [5.41, 5.74) is 1.46. The predicted octanol–water partition coefficient (Wildman–Crippen LogP) is 2.61. The summed E-state index contributed by atoms with van der Waals surface area (Å²) in [6.45, 7) is 8.59. The topological polar surface area (TPSA) is 51.2 Å². The molecule has 2 heterocycles. The molecule has 1 aromatic rings. The molecule has 6 nitrogen and oxygen atoms in total. The Morgan fingerprint density at radius 3 is 2.37 bits per heavy atom. The van der Waals surface area contributed by atoms with Crippen LogP contribution in [0, 0.1) is 5.92 Å². The van der Waals surface area contributed by atoms with Gasteiger partial charge < -0.3 is 15.1 Å². The number of benzene rings is 1. The van der Waals surface area contributed by atoms with Crippen molar-refractivity contribution in [2.45, 2.75) is 38.1 Å². The Hall–Kier alpha value is -1.35. The molecule has 30 heavy (non-hydrogen) atoms. The second-order valence-electron chi connectivity index (χ2n) is 8.67. The SMILES string of the molecule is CN=C(NCC1CC1c1ccccc1)N1CCN(C(C)C(=O)N2CCCC2)CC1.I. The van der Waals surface area contributed by atoms with Crippen molar-refractivity contribution >= 4 is 35.8 Å². The van der Waals surface area contributed by atoms with E-state index in [0.717, 1.165) is 64.6 Å². The van der Waals surface area contributed by atoms with E-state index in [1.165, 1.54) is 12.0 Å². The van der Waals surface area contributed by atoms with E-state index >= 15 is 0 Å². The van der Waals surface area contributed by atoms with Gasteiger partial charge in [-0.3, -0.25) is 14.7 Å². The lowest BCUT2D eigenvalue weighted by Crippen LogP contribution is -2.57. The van der Waals surface area contributed by atoms with E-state index in [0.29, 0.717) is 17.7 Å². The van der Waals surface area contributed by atoms with E-state index in [2.05, 4.69) is 57.4 Å². The van der Waals surface area contributed by atoms with Crippen LogP contribution in [0.15, 0.2) is 35.3 Å². The first kappa shape index (κ1) is 23.3. The van der Waals surface area contributed by atoms with E-state index < -0.39 is 0 Å². The Balaban J connectivity index is 0.00000256. The van der Waals surface area contributed by atoms with Crippen LogP contribution in [-0.4, -0.2) is 85.5 Å². The zero-order chi connectivity index (χ0) is 20.2. The molecule has 166 valence electrons. The van der Waals surface area contributed by atoms with Gasteiger partial charge in [-0.2, -0.15) is 0 Å². The molecule has 0 spiro atoms. The van der Waals surface area contributed by atoms with Gasteiger partial charge in [0, 0.05) is 52.9 Å². The molecule has 1 aliphatic carbocycles. The van der Waals surface area contributed by atoms with Crippen LogP contribution in [0.25, 0.3) is 0 Å². The van der Waals surface area contributed by atoms with Gasteiger partial charge in [0.25, 0.3) is 0 Å². The molecular weight excluding hydrogens is 489 g/mol. The molecule has 1 N–H and O–H groups in total. The van der Waals surface area contributed by atoms with E-state index in [-0.39, 0.29) is 30.0 Å². The van der Waals surface area contributed by atoms with Crippen LogP contribution < -0.4 is 5.32 Å². The van der Waals surface area contributed by atoms with Gasteiger partial charge in [-0.25, -0.2) is 0 Å². The van der Waals surface area contributed by atoms with Gasteiger partial charge in [-0.1, -0.05) is 30.3 Å². The summed E-state index contributed by atoms with van der Waals surface area (Å²) >= 11 is 0. The Bertz CT molecular complexity index is 714. The monoisotopic (exact) mass is 525 g/mol. The number of rotatable bonds is 5. The number of likely N-dealkylation sites (tertiary alicyclic amines) is 1. The second-order valence-corrected chi connectivity index (χ2v) is 8.67. The van der Waals surface area contributed by atoms with Gasteiger partial charge in [-0.15, -0.1) is 24.0 Å². The molecular formula is C23H36IN5O. The number of piperazine rings is 1. The summed E-state index contributed by atoms with van der Waals surface area (Å²) in [4.78, 5) is 23.9. The van der Waals surface area contributed by atoms with Gasteiger partial charge in [0.1, 0.15) is 0 Å². The zero-order valence-electron chi connectivity index (χ0n) is 18.3. The number of guanidine groups is 1. The van der Waals surface area contributed by atoms with Crippen molar-refractivity contribution in [1.82, 2.24) is 20.0 Å². The molecule has 0 aromatic heterocycles. The zero-order valence-corrected chi connectivity index (χ0v) is 20.6. The van der Waals surface area contributed by atoms with Gasteiger partial charge >= 0.3 is 0 Å². The lowest BCUT2D eigenvalue weighted by molar-refractivity contribution is -0.135. The maximum atomic E-state index is 12.7. The van der Waals surface area contributed by atoms with Crippen molar-refractivity contribution < 1.29 is 4.79 Å². The standard InChI is InChI=1S/C23H35N5O.HI/c1-18(22(29)27-10-6-7-11-27)26-12-14-28(15-13-26)23(24-2)25-17-20-16-21(20)19-8-4-3-5-9-19;/h3-5,8-9,18,20-21H,6-7,10-17H2,1-2H3,(H,24,25);1H. The largest absolute Gasteiger partial charge is 0.356 e. The van der Waals surface area contributed by atoms with Gasteiger partial charge in [-0.05, 0) is 43.6 Å². The van der Waals surface area contributed by atoms with E-state index in [9.17, 15) is 4.79 Å². The normalized spacial score (nSPS) is 25.6. The minimum atomic E-state index is -0.0108. The summed E-state index contributed by atoms with van der Waals surface area (Å²) < 4.78 is 0. The number of aliphatic imine (C=N–C) groups is 1. The average Bonchev–Trinajstić information content (AvgIpc) is 3.34. The second kappa shape index (κ2) is 10.8. The fourth-order valence-corrected chi connectivity index (χ4v) is 4.82. The number of halogens is 1. The summed E-state index contributed by atoms with van der Waals surface area (Å²) in [5.74, 6) is 2.70. The van der Waals surface area contributed by atoms with Gasteiger partial charge in [0.05, 0.1) is 6.04 Å². The quantitative estimate of drug-likeness (QED) is 0.365. The highest BCUT2D eigenvalue weighted by Crippen LogP contribution is 2.46. The third kappa shape index (κ3) is 5.46. The molecule has 1 saturated carbocycles. The summed E-state index contributed by atoms with van der Waals surface area (Å²) in [6, 6.07) is 10.8. The molecule has 2 aliphatic heterocycles. The first-order valence-electron chi connectivity index (χ1n) is 11.2. The van der Waals surface area contributed by atoms with Crippen LogP contribution in [0.5, 0.6) is 0 Å². The Morgan fingerprint density at radius 1 is 1.07 bits per heavy atom. The maximum Gasteiger partial charge on any atom is 0.239 e. The van der Waals surface area contributed by atoms with E-state index in [4.69, 9.17) is 0 Å². The van der Waals surface area contributed by atoms with Crippen molar-refractivity contribution in [3.8, 4) is 0 Å². The van der Waals surface area contributed by atoms with Crippen LogP contribution in [0.3, 0.4) is 0 Å². The van der Waals surface area contributed by atoms with Crippen LogP contribution in [0.4, 0.5) is 0 Å². The molecule has 0 radical (unpaired) electrons. The summed E-state index contributed by atoms with van der Waals surface area (Å²) in [5, 5.41) is 3.59.